The van der Waals surface area contributed by atoms with Crippen molar-refractivity contribution in [2.24, 2.45) is 0 Å². The van der Waals surface area contributed by atoms with Crippen LogP contribution in [0.5, 0.6) is 0 Å². The van der Waals surface area contributed by atoms with Gasteiger partial charge in [0.1, 0.15) is 0 Å². The Morgan fingerprint density at radius 3 is 1.38 bits per heavy atom. The monoisotopic (exact) mass is 588 g/mol. The van der Waals surface area contributed by atoms with Crippen LogP contribution < -0.4 is 5.46 Å². The summed E-state index contributed by atoms with van der Waals surface area (Å²) in [5.74, 6) is 1.89. The van der Waals surface area contributed by atoms with Crippen molar-refractivity contribution in [1.82, 2.24) is 15.0 Å². The summed E-state index contributed by atoms with van der Waals surface area (Å²) >= 11 is 0. The van der Waals surface area contributed by atoms with Gasteiger partial charge in [-0.05, 0) is 55.4 Å². The SMILES string of the molecule is CC(C)(O)C(C)(C)O[B]c1ccccc1-c1ccccc1-c1ccc(-c2nc(-c3ccccc3)nc(-c3ccccc3)n2)cc1. The van der Waals surface area contributed by atoms with Crippen LogP contribution in [0.25, 0.3) is 56.4 Å². The molecule has 5 nitrogen and oxygen atoms in total. The van der Waals surface area contributed by atoms with Crippen molar-refractivity contribution < 1.29 is 9.76 Å². The Balaban J connectivity index is 1.36. The molecule has 1 N–H and O–H groups in total. The molecule has 221 valence electrons. The topological polar surface area (TPSA) is 68.1 Å². The molecular weight excluding hydrogens is 553 g/mol. The predicted molar refractivity (Wildman–Crippen MR) is 184 cm³/mol. The molecule has 0 amide bonds. The van der Waals surface area contributed by atoms with E-state index < -0.39 is 11.2 Å². The van der Waals surface area contributed by atoms with E-state index in [2.05, 4.69) is 48.5 Å². The van der Waals surface area contributed by atoms with Crippen LogP contribution >= 0.6 is 0 Å². The smallest absolute Gasteiger partial charge is 0.331 e. The quantitative estimate of drug-likeness (QED) is 0.173. The molecule has 0 aliphatic heterocycles. The number of hydrogen-bond acceptors (Lipinski definition) is 5. The van der Waals surface area contributed by atoms with E-state index in [1.54, 1.807) is 21.3 Å². The molecule has 0 aliphatic rings. The average Bonchev–Trinajstić information content (AvgIpc) is 3.08. The lowest BCUT2D eigenvalue weighted by Crippen LogP contribution is -2.49. The predicted octanol–water partition coefficient (Wildman–Crippen LogP) is 8.02. The highest BCUT2D eigenvalue weighted by atomic mass is 16.5. The van der Waals surface area contributed by atoms with E-state index in [1.807, 2.05) is 98.8 Å². The molecule has 6 heteroatoms. The summed E-state index contributed by atoms with van der Waals surface area (Å²) < 4.78 is 6.14. The highest BCUT2D eigenvalue weighted by Gasteiger charge is 2.36. The molecule has 0 aliphatic carbocycles. The molecule has 6 aromatic rings. The molecule has 0 saturated carbocycles. The summed E-state index contributed by atoms with van der Waals surface area (Å²) in [6.07, 6.45) is 0. The van der Waals surface area contributed by atoms with Crippen LogP contribution in [0.1, 0.15) is 27.7 Å². The van der Waals surface area contributed by atoms with Crippen LogP contribution in [0.4, 0.5) is 0 Å². The standard InChI is InChI=1S/C39H35BN3O2/c1-38(2,44)39(3,4)45-40-34-22-14-13-21-33(34)32-20-12-11-19-31(32)27-23-25-30(26-24-27)37-42-35(28-15-7-5-8-16-28)41-36(43-37)29-17-9-6-10-18-29/h5-26,44H,1-4H3. The fraction of sp³-hybridized carbons (Fsp3) is 0.154. The van der Waals surface area contributed by atoms with Crippen molar-refractivity contribution in [3.8, 4) is 56.4 Å². The summed E-state index contributed by atoms with van der Waals surface area (Å²) in [7, 11) is 1.75. The molecular formula is C39H35BN3O2. The van der Waals surface area contributed by atoms with Gasteiger partial charge in [-0.2, -0.15) is 0 Å². The summed E-state index contributed by atoms with van der Waals surface area (Å²) in [5.41, 5.74) is 6.23. The third-order valence-corrected chi connectivity index (χ3v) is 8.29. The Bertz CT molecular complexity index is 1840. The van der Waals surface area contributed by atoms with Crippen LogP contribution in [0, 0.1) is 0 Å². The minimum atomic E-state index is -1.01. The van der Waals surface area contributed by atoms with Crippen molar-refractivity contribution in [3.05, 3.63) is 133 Å². The first-order valence-electron chi connectivity index (χ1n) is 15.1. The largest absolute Gasteiger partial charge is 0.427 e. The Morgan fingerprint density at radius 1 is 0.467 bits per heavy atom. The molecule has 0 saturated heterocycles. The fourth-order valence-corrected chi connectivity index (χ4v) is 4.91. The molecule has 0 unspecified atom stereocenters. The van der Waals surface area contributed by atoms with E-state index >= 15 is 0 Å². The van der Waals surface area contributed by atoms with Gasteiger partial charge in [-0.3, -0.25) is 0 Å². The maximum absolute atomic E-state index is 10.6. The Labute approximate surface area is 265 Å². The van der Waals surface area contributed by atoms with Crippen molar-refractivity contribution in [3.63, 3.8) is 0 Å². The van der Waals surface area contributed by atoms with Gasteiger partial charge in [-0.25, -0.2) is 15.0 Å². The summed E-state index contributed by atoms with van der Waals surface area (Å²) in [6.45, 7) is 7.29. The highest BCUT2D eigenvalue weighted by molar-refractivity contribution is 6.49. The molecule has 0 fully saturated rings. The van der Waals surface area contributed by atoms with Gasteiger partial charge in [0, 0.05) is 16.7 Å². The van der Waals surface area contributed by atoms with Gasteiger partial charge in [-0.1, -0.05) is 133 Å². The zero-order valence-corrected chi connectivity index (χ0v) is 26.0. The second-order valence-electron chi connectivity index (χ2n) is 12.1. The number of hydrogen-bond donors (Lipinski definition) is 1. The zero-order valence-electron chi connectivity index (χ0n) is 26.0. The number of aromatic nitrogens is 3. The number of nitrogens with zero attached hydrogens (tertiary/aromatic N) is 3. The van der Waals surface area contributed by atoms with Crippen molar-refractivity contribution >= 4 is 12.9 Å². The Kier molecular flexibility index (Phi) is 8.44. The van der Waals surface area contributed by atoms with Crippen LogP contribution in [0.3, 0.4) is 0 Å². The number of aliphatic hydroxyl groups is 1. The Hall–Kier alpha value is -4.91. The highest BCUT2D eigenvalue weighted by Crippen LogP contribution is 2.33. The molecule has 0 spiro atoms. The van der Waals surface area contributed by atoms with E-state index in [-0.39, 0.29) is 0 Å². The molecule has 1 heterocycles. The third kappa shape index (κ3) is 6.63. The van der Waals surface area contributed by atoms with Crippen molar-refractivity contribution in [1.29, 1.82) is 0 Å². The first-order chi connectivity index (χ1) is 21.7. The molecule has 0 atom stereocenters. The minimum absolute atomic E-state index is 0.619. The summed E-state index contributed by atoms with van der Waals surface area (Å²) in [4.78, 5) is 14.6. The second-order valence-corrected chi connectivity index (χ2v) is 12.1. The van der Waals surface area contributed by atoms with Gasteiger partial charge in [0.25, 0.3) is 0 Å². The van der Waals surface area contributed by atoms with Gasteiger partial charge in [0.15, 0.2) is 17.5 Å². The summed E-state index contributed by atoms with van der Waals surface area (Å²) in [6, 6.07) is 44.9. The van der Waals surface area contributed by atoms with E-state index in [0.29, 0.717) is 17.5 Å². The van der Waals surface area contributed by atoms with E-state index in [4.69, 9.17) is 19.6 Å². The molecule has 5 aromatic carbocycles. The second kappa shape index (κ2) is 12.6. The van der Waals surface area contributed by atoms with Gasteiger partial charge in [-0.15, -0.1) is 0 Å². The lowest BCUT2D eigenvalue weighted by Gasteiger charge is -2.37. The van der Waals surface area contributed by atoms with Gasteiger partial charge >= 0.3 is 7.48 Å². The van der Waals surface area contributed by atoms with Crippen molar-refractivity contribution in [2.75, 3.05) is 0 Å². The van der Waals surface area contributed by atoms with E-state index in [9.17, 15) is 5.11 Å². The first-order valence-corrected chi connectivity index (χ1v) is 15.1. The normalized spacial score (nSPS) is 11.8. The van der Waals surface area contributed by atoms with E-state index in [0.717, 1.165) is 44.4 Å². The Morgan fingerprint density at radius 2 is 0.867 bits per heavy atom. The average molecular weight is 589 g/mol. The van der Waals surface area contributed by atoms with Crippen molar-refractivity contribution in [2.45, 2.75) is 38.9 Å². The minimum Gasteiger partial charge on any atom is -0.427 e. The van der Waals surface area contributed by atoms with Crippen LogP contribution in [0.15, 0.2) is 133 Å². The van der Waals surface area contributed by atoms with Gasteiger partial charge in [0.2, 0.25) is 0 Å². The molecule has 1 aromatic heterocycles. The van der Waals surface area contributed by atoms with Gasteiger partial charge in [0.05, 0.1) is 11.2 Å². The molecule has 0 bridgehead atoms. The fourth-order valence-electron chi connectivity index (χ4n) is 4.91. The molecule has 1 radical (unpaired) electrons. The lowest BCUT2D eigenvalue weighted by atomic mass is 9.78. The van der Waals surface area contributed by atoms with Gasteiger partial charge < -0.3 is 9.76 Å². The lowest BCUT2D eigenvalue weighted by molar-refractivity contribution is -0.0893. The summed E-state index contributed by atoms with van der Waals surface area (Å²) in [5, 5.41) is 10.6. The zero-order chi connectivity index (χ0) is 31.4. The number of rotatable bonds is 9. The number of benzene rings is 5. The first kappa shape index (κ1) is 30.1. The van der Waals surface area contributed by atoms with Crippen LogP contribution in [0.2, 0.25) is 0 Å². The molecule has 6 rings (SSSR count). The van der Waals surface area contributed by atoms with E-state index in [1.165, 1.54) is 0 Å². The maximum atomic E-state index is 10.6. The third-order valence-electron chi connectivity index (χ3n) is 8.29. The van der Waals surface area contributed by atoms with Crippen LogP contribution in [-0.2, 0) is 4.65 Å². The van der Waals surface area contributed by atoms with Crippen LogP contribution in [-0.4, -0.2) is 38.7 Å². The maximum Gasteiger partial charge on any atom is 0.331 e. The molecule has 45 heavy (non-hydrogen) atoms.